The molecule has 0 spiro atoms. The van der Waals surface area contributed by atoms with Crippen molar-refractivity contribution in [3.05, 3.63) is 82.1 Å². The van der Waals surface area contributed by atoms with E-state index in [9.17, 15) is 9.90 Å². The van der Waals surface area contributed by atoms with Crippen molar-refractivity contribution < 1.29 is 14.6 Å². The molecule has 3 aliphatic heterocycles. The number of hydrogen-bond donors (Lipinski definition) is 1. The van der Waals surface area contributed by atoms with Crippen LogP contribution in [0.15, 0.2) is 18.2 Å². The Bertz CT molecular complexity index is 1700. The average molecular weight is 617 g/mol. The summed E-state index contributed by atoms with van der Waals surface area (Å²) in [7, 11) is 0. The summed E-state index contributed by atoms with van der Waals surface area (Å²) in [6, 6.07) is 6.18. The molecular formula is C32H29Cl4NO3. The highest BCUT2D eigenvalue weighted by atomic mass is 35.5. The summed E-state index contributed by atoms with van der Waals surface area (Å²) in [5.41, 5.74) is 6.28. The Morgan fingerprint density at radius 2 is 1.75 bits per heavy atom. The number of aromatic carboxylic acids is 1. The summed E-state index contributed by atoms with van der Waals surface area (Å²) in [6.07, 6.45) is 7.92. The van der Waals surface area contributed by atoms with Gasteiger partial charge in [-0.15, -0.1) is 0 Å². The van der Waals surface area contributed by atoms with Crippen LogP contribution in [-0.4, -0.2) is 24.2 Å². The molecule has 0 bridgehead atoms. The number of ether oxygens (including phenoxy) is 1. The first kappa shape index (κ1) is 27.8. The SMILES string of the molecule is C=c1cc2c(cc1CCCC)=C(c1c(Cl)c(Cl)c(Cl)c(Cl)c1C(=O)O)c1cc3c4c(c1O2)CCCN4CCCC3. The monoisotopic (exact) mass is 615 g/mol. The van der Waals surface area contributed by atoms with Gasteiger partial charge in [0, 0.05) is 46.3 Å². The summed E-state index contributed by atoms with van der Waals surface area (Å²) in [5.74, 6) is 0.122. The maximum Gasteiger partial charge on any atom is 0.337 e. The Morgan fingerprint density at radius 1 is 1.00 bits per heavy atom. The molecule has 1 N–H and O–H groups in total. The number of carboxylic acid groups (broad SMARTS) is 1. The maximum atomic E-state index is 12.7. The molecule has 3 aromatic rings. The summed E-state index contributed by atoms with van der Waals surface area (Å²) >= 11 is 26.4. The van der Waals surface area contributed by atoms with Crippen LogP contribution in [0, 0.1) is 0 Å². The minimum Gasteiger partial charge on any atom is -0.478 e. The summed E-state index contributed by atoms with van der Waals surface area (Å²) < 4.78 is 6.74. The fourth-order valence-corrected chi connectivity index (χ4v) is 7.46. The summed E-state index contributed by atoms with van der Waals surface area (Å²) in [6.45, 7) is 8.50. The summed E-state index contributed by atoms with van der Waals surface area (Å²) in [4.78, 5) is 15.2. The van der Waals surface area contributed by atoms with Crippen molar-refractivity contribution in [1.29, 1.82) is 0 Å². The fourth-order valence-electron chi connectivity index (χ4n) is 6.43. The molecule has 8 heteroatoms. The van der Waals surface area contributed by atoms with Crippen LogP contribution < -0.4 is 20.1 Å². The second-order valence-electron chi connectivity index (χ2n) is 10.8. The highest BCUT2D eigenvalue weighted by Crippen LogP contribution is 2.51. The van der Waals surface area contributed by atoms with E-state index in [1.165, 1.54) is 11.3 Å². The van der Waals surface area contributed by atoms with Crippen LogP contribution in [0.2, 0.25) is 20.1 Å². The number of halogens is 4. The lowest BCUT2D eigenvalue weighted by Gasteiger charge is -2.35. The van der Waals surface area contributed by atoms with Gasteiger partial charge in [0.2, 0.25) is 0 Å². The molecule has 208 valence electrons. The molecule has 0 atom stereocenters. The number of unbranched alkanes of at least 4 members (excludes halogenated alkanes) is 1. The third kappa shape index (κ3) is 4.39. The van der Waals surface area contributed by atoms with Gasteiger partial charge in [-0.2, -0.15) is 0 Å². The quantitative estimate of drug-likeness (QED) is 0.181. The third-order valence-corrected chi connectivity index (χ3v) is 10.1. The van der Waals surface area contributed by atoms with Crippen LogP contribution in [0.3, 0.4) is 0 Å². The van der Waals surface area contributed by atoms with Gasteiger partial charge >= 0.3 is 5.97 Å². The zero-order valence-electron chi connectivity index (χ0n) is 22.2. The molecule has 6 rings (SSSR count). The molecule has 3 aromatic carbocycles. The van der Waals surface area contributed by atoms with E-state index in [-0.39, 0.29) is 31.2 Å². The summed E-state index contributed by atoms with van der Waals surface area (Å²) in [5, 5.41) is 11.9. The van der Waals surface area contributed by atoms with Crippen molar-refractivity contribution >= 4 is 70.2 Å². The minimum absolute atomic E-state index is 0.0256. The van der Waals surface area contributed by atoms with Gasteiger partial charge in [-0.05, 0) is 79.5 Å². The molecule has 3 aliphatic rings. The van der Waals surface area contributed by atoms with E-state index in [1.54, 1.807) is 0 Å². The first-order valence-corrected chi connectivity index (χ1v) is 15.3. The van der Waals surface area contributed by atoms with Crippen molar-refractivity contribution in [2.45, 2.75) is 58.3 Å². The van der Waals surface area contributed by atoms with Crippen molar-refractivity contribution in [2.75, 3.05) is 18.0 Å². The van der Waals surface area contributed by atoms with Crippen molar-refractivity contribution in [1.82, 2.24) is 0 Å². The largest absolute Gasteiger partial charge is 0.478 e. The molecule has 0 aliphatic carbocycles. The second kappa shape index (κ2) is 10.8. The highest BCUT2D eigenvalue weighted by molar-refractivity contribution is 6.53. The first-order chi connectivity index (χ1) is 19.2. The number of nitrogens with zero attached hydrogens (tertiary/aromatic N) is 1. The van der Waals surface area contributed by atoms with E-state index >= 15 is 0 Å². The molecule has 0 saturated carbocycles. The molecule has 0 fully saturated rings. The molecule has 0 radical (unpaired) electrons. The molecular weight excluding hydrogens is 588 g/mol. The number of carbonyl (C=O) groups is 1. The molecule has 0 saturated heterocycles. The van der Waals surface area contributed by atoms with Gasteiger partial charge in [0.1, 0.15) is 11.5 Å². The number of aryl methyl sites for hydroxylation is 2. The Kier molecular flexibility index (Phi) is 7.50. The second-order valence-corrected chi connectivity index (χ2v) is 12.3. The van der Waals surface area contributed by atoms with E-state index < -0.39 is 5.97 Å². The molecule has 4 nitrogen and oxygen atoms in total. The first-order valence-electron chi connectivity index (χ1n) is 13.8. The lowest BCUT2D eigenvalue weighted by molar-refractivity contribution is 0.0696. The van der Waals surface area contributed by atoms with Gasteiger partial charge in [-0.1, -0.05) is 66.3 Å². The van der Waals surface area contributed by atoms with Gasteiger partial charge < -0.3 is 14.7 Å². The predicted molar refractivity (Wildman–Crippen MR) is 165 cm³/mol. The molecule has 3 heterocycles. The van der Waals surface area contributed by atoms with Crippen LogP contribution in [0.5, 0.6) is 11.5 Å². The third-order valence-electron chi connectivity index (χ3n) is 8.31. The van der Waals surface area contributed by atoms with Gasteiger partial charge in [0.25, 0.3) is 0 Å². The zero-order chi connectivity index (χ0) is 28.3. The van der Waals surface area contributed by atoms with Crippen LogP contribution in [0.1, 0.15) is 77.2 Å². The number of benzene rings is 3. The predicted octanol–water partition coefficient (Wildman–Crippen LogP) is 8.19. The topological polar surface area (TPSA) is 49.8 Å². The number of rotatable bonds is 5. The lowest BCUT2D eigenvalue weighted by Crippen LogP contribution is -2.31. The Hall–Kier alpha value is -2.37. The zero-order valence-corrected chi connectivity index (χ0v) is 25.3. The number of fused-ring (bicyclic) bond motifs is 3. The normalized spacial score (nSPS) is 15.6. The number of carboxylic acids is 1. The molecule has 40 heavy (non-hydrogen) atoms. The molecule has 0 aromatic heterocycles. The fraction of sp³-hybridized carbons (Fsp3) is 0.344. The average Bonchev–Trinajstić information content (AvgIpc) is 3.15. The van der Waals surface area contributed by atoms with Gasteiger partial charge in [-0.25, -0.2) is 4.79 Å². The van der Waals surface area contributed by atoms with E-state index in [0.29, 0.717) is 11.3 Å². The maximum absolute atomic E-state index is 12.7. The van der Waals surface area contributed by atoms with Gasteiger partial charge in [0.15, 0.2) is 0 Å². The van der Waals surface area contributed by atoms with Crippen molar-refractivity contribution in [3.8, 4) is 11.5 Å². The van der Waals surface area contributed by atoms with Gasteiger partial charge in [-0.3, -0.25) is 0 Å². The van der Waals surface area contributed by atoms with Crippen molar-refractivity contribution in [3.63, 3.8) is 0 Å². The Labute approximate surface area is 253 Å². The highest BCUT2D eigenvalue weighted by Gasteiger charge is 2.35. The molecule has 0 unspecified atom stereocenters. The van der Waals surface area contributed by atoms with Crippen LogP contribution in [-0.2, 0) is 19.3 Å². The minimum atomic E-state index is -1.23. The van der Waals surface area contributed by atoms with Crippen molar-refractivity contribution in [2.24, 2.45) is 0 Å². The number of hydrogen-bond acceptors (Lipinski definition) is 3. The molecule has 0 amide bonds. The van der Waals surface area contributed by atoms with Crippen LogP contribution >= 0.6 is 46.4 Å². The smallest absolute Gasteiger partial charge is 0.337 e. The Balaban J connectivity index is 1.79. The lowest BCUT2D eigenvalue weighted by atomic mass is 9.84. The number of anilines is 1. The standard InChI is InChI=1S/C32H29Cl4NO3/c1-3-4-8-17-14-20-22(13-16(17)2)40-31-19-10-7-12-37-11-6-5-9-18(30(19)37)15-21(31)23(20)24-25(32(38)39)27(34)29(36)28(35)26(24)33/h13-15H,2-12H2,1H3,(H,38,39). The van der Waals surface area contributed by atoms with Crippen LogP contribution in [0.25, 0.3) is 12.2 Å². The van der Waals surface area contributed by atoms with E-state index in [1.807, 2.05) is 6.07 Å². The Morgan fingerprint density at radius 3 is 2.50 bits per heavy atom. The van der Waals surface area contributed by atoms with Crippen LogP contribution in [0.4, 0.5) is 5.69 Å². The van der Waals surface area contributed by atoms with E-state index in [0.717, 1.165) is 97.3 Å². The van der Waals surface area contributed by atoms with E-state index in [4.69, 9.17) is 51.1 Å². The van der Waals surface area contributed by atoms with Gasteiger partial charge in [0.05, 0.1) is 25.7 Å². The van der Waals surface area contributed by atoms with E-state index in [2.05, 4.69) is 30.5 Å².